The standard InChI is InChI=1S/C31H35N3O6S/c1-23(31(36)32-25-12-8-9-13-25)33(21-24-10-4-2-5-11-24)30(35)22-34(41(37,38)27-14-6-3-7-15-27)26-16-17-28-29(20-26)40-19-18-39-28/h2-7,10-11,14-17,20,23,25H,8-9,12-13,18-19,21-22H2,1H3,(H,32,36). The monoisotopic (exact) mass is 577 g/mol. The average Bonchev–Trinajstić information content (AvgIpc) is 3.52. The van der Waals surface area contributed by atoms with Crippen LogP contribution in [-0.4, -0.2) is 57.0 Å². The Hall–Kier alpha value is -4.05. The number of carbonyl (C=O) groups excluding carboxylic acids is 2. The maximum atomic E-state index is 14.1. The number of nitrogens with one attached hydrogen (secondary N) is 1. The second-order valence-corrected chi connectivity index (χ2v) is 12.2. The second-order valence-electron chi connectivity index (χ2n) is 10.3. The van der Waals surface area contributed by atoms with Crippen LogP contribution in [0.25, 0.3) is 0 Å². The first-order chi connectivity index (χ1) is 19.8. The van der Waals surface area contributed by atoms with Gasteiger partial charge in [-0.1, -0.05) is 61.4 Å². The van der Waals surface area contributed by atoms with E-state index in [4.69, 9.17) is 9.47 Å². The molecule has 10 heteroatoms. The molecule has 3 aromatic rings. The highest BCUT2D eigenvalue weighted by molar-refractivity contribution is 7.92. The van der Waals surface area contributed by atoms with Gasteiger partial charge < -0.3 is 19.7 Å². The zero-order chi connectivity index (χ0) is 28.8. The molecule has 5 rings (SSSR count). The second kappa shape index (κ2) is 12.6. The van der Waals surface area contributed by atoms with Gasteiger partial charge in [-0.25, -0.2) is 8.42 Å². The quantitative estimate of drug-likeness (QED) is 0.389. The Morgan fingerprint density at radius 2 is 1.54 bits per heavy atom. The SMILES string of the molecule is CC(C(=O)NC1CCCC1)N(Cc1ccccc1)C(=O)CN(c1ccc2c(c1)OCCO2)S(=O)(=O)c1ccccc1. The maximum Gasteiger partial charge on any atom is 0.264 e. The van der Waals surface area contributed by atoms with Crippen LogP contribution in [0, 0.1) is 0 Å². The first-order valence-corrected chi connectivity index (χ1v) is 15.4. The average molecular weight is 578 g/mol. The van der Waals surface area contributed by atoms with Gasteiger partial charge in [0.05, 0.1) is 10.6 Å². The summed E-state index contributed by atoms with van der Waals surface area (Å²) in [5.74, 6) is 0.154. The van der Waals surface area contributed by atoms with Gasteiger partial charge in [-0.2, -0.15) is 0 Å². The first-order valence-electron chi connectivity index (χ1n) is 13.9. The van der Waals surface area contributed by atoms with E-state index in [-0.39, 0.29) is 29.1 Å². The Morgan fingerprint density at radius 3 is 2.22 bits per heavy atom. The van der Waals surface area contributed by atoms with E-state index in [1.807, 2.05) is 30.3 Å². The van der Waals surface area contributed by atoms with Gasteiger partial charge in [0, 0.05) is 18.7 Å². The lowest BCUT2D eigenvalue weighted by molar-refractivity contribution is -0.139. The molecule has 0 spiro atoms. The van der Waals surface area contributed by atoms with E-state index in [9.17, 15) is 18.0 Å². The van der Waals surface area contributed by atoms with E-state index >= 15 is 0 Å². The van der Waals surface area contributed by atoms with Crippen LogP contribution in [0.3, 0.4) is 0 Å². The Balaban J connectivity index is 1.48. The Labute approximate surface area is 241 Å². The molecule has 2 amide bonds. The Kier molecular flexibility index (Phi) is 8.78. The van der Waals surface area contributed by atoms with Crippen molar-refractivity contribution >= 4 is 27.5 Å². The fraction of sp³-hybridized carbons (Fsp3) is 0.355. The Bertz CT molecular complexity index is 1460. The van der Waals surface area contributed by atoms with Gasteiger partial charge in [0.1, 0.15) is 25.8 Å². The van der Waals surface area contributed by atoms with E-state index in [2.05, 4.69) is 5.32 Å². The summed E-state index contributed by atoms with van der Waals surface area (Å²) in [6.07, 6.45) is 3.96. The number of amides is 2. The number of rotatable bonds is 10. The molecule has 41 heavy (non-hydrogen) atoms. The van der Waals surface area contributed by atoms with E-state index in [1.54, 1.807) is 43.3 Å². The molecule has 9 nitrogen and oxygen atoms in total. The van der Waals surface area contributed by atoms with Gasteiger partial charge in [0.25, 0.3) is 10.0 Å². The summed E-state index contributed by atoms with van der Waals surface area (Å²) < 4.78 is 40.3. The van der Waals surface area contributed by atoms with E-state index in [0.717, 1.165) is 35.6 Å². The molecule has 0 saturated heterocycles. The summed E-state index contributed by atoms with van der Waals surface area (Å²) in [6, 6.07) is 21.4. The van der Waals surface area contributed by atoms with Crippen molar-refractivity contribution < 1.29 is 27.5 Å². The predicted octanol–water partition coefficient (Wildman–Crippen LogP) is 4.13. The van der Waals surface area contributed by atoms with Crippen LogP contribution in [0.5, 0.6) is 11.5 Å². The van der Waals surface area contributed by atoms with Gasteiger partial charge in [-0.3, -0.25) is 13.9 Å². The fourth-order valence-corrected chi connectivity index (χ4v) is 6.62. The van der Waals surface area contributed by atoms with Crippen LogP contribution in [0.1, 0.15) is 38.2 Å². The summed E-state index contributed by atoms with van der Waals surface area (Å²) in [5, 5.41) is 3.08. The highest BCUT2D eigenvalue weighted by Gasteiger charge is 2.34. The van der Waals surface area contributed by atoms with Crippen molar-refractivity contribution in [3.05, 3.63) is 84.4 Å². The van der Waals surface area contributed by atoms with Crippen LogP contribution >= 0.6 is 0 Å². The molecule has 0 aromatic heterocycles. The third kappa shape index (κ3) is 6.65. The van der Waals surface area contributed by atoms with E-state index < -0.39 is 28.5 Å². The third-order valence-corrected chi connectivity index (χ3v) is 9.28. The largest absolute Gasteiger partial charge is 0.486 e. The number of nitrogens with zero attached hydrogens (tertiary/aromatic N) is 2. The summed E-state index contributed by atoms with van der Waals surface area (Å²) in [7, 11) is -4.16. The number of benzene rings is 3. The zero-order valence-electron chi connectivity index (χ0n) is 23.1. The van der Waals surface area contributed by atoms with Crippen molar-refractivity contribution in [2.75, 3.05) is 24.1 Å². The summed E-state index contributed by atoms with van der Waals surface area (Å²) in [5.41, 5.74) is 1.09. The van der Waals surface area contributed by atoms with Crippen LogP contribution < -0.4 is 19.1 Å². The van der Waals surface area contributed by atoms with Crippen LogP contribution in [0.2, 0.25) is 0 Å². The van der Waals surface area contributed by atoms with Crippen molar-refractivity contribution in [3.8, 4) is 11.5 Å². The van der Waals surface area contributed by atoms with E-state index in [1.165, 1.54) is 17.0 Å². The van der Waals surface area contributed by atoms with Crippen molar-refractivity contribution in [2.45, 2.75) is 56.1 Å². The van der Waals surface area contributed by atoms with Gasteiger partial charge in [0.2, 0.25) is 11.8 Å². The van der Waals surface area contributed by atoms with Crippen LogP contribution in [0.15, 0.2) is 83.8 Å². The molecule has 3 aromatic carbocycles. The normalized spacial score (nSPS) is 15.6. The fourth-order valence-electron chi connectivity index (χ4n) is 5.19. The van der Waals surface area contributed by atoms with Crippen molar-refractivity contribution in [1.29, 1.82) is 0 Å². The number of ether oxygens (including phenoxy) is 2. The van der Waals surface area contributed by atoms with Crippen molar-refractivity contribution in [3.63, 3.8) is 0 Å². The molecule has 1 aliphatic heterocycles. The van der Waals surface area contributed by atoms with Gasteiger partial charge >= 0.3 is 0 Å². The minimum absolute atomic E-state index is 0.0457. The smallest absolute Gasteiger partial charge is 0.264 e. The van der Waals surface area contributed by atoms with E-state index in [0.29, 0.717) is 24.7 Å². The minimum atomic E-state index is -4.16. The lowest BCUT2D eigenvalue weighted by Gasteiger charge is -2.32. The van der Waals surface area contributed by atoms with Gasteiger partial charge in [-0.05, 0) is 49.6 Å². The van der Waals surface area contributed by atoms with Crippen LogP contribution in [-0.2, 0) is 26.2 Å². The summed E-state index contributed by atoms with van der Waals surface area (Å²) in [4.78, 5) is 28.9. The molecular weight excluding hydrogens is 542 g/mol. The molecule has 2 aliphatic rings. The lowest BCUT2D eigenvalue weighted by Crippen LogP contribution is -2.52. The molecule has 1 aliphatic carbocycles. The maximum absolute atomic E-state index is 14.1. The third-order valence-electron chi connectivity index (χ3n) is 7.49. The first kappa shape index (κ1) is 28.5. The molecular formula is C31H35N3O6S. The van der Waals surface area contributed by atoms with Crippen LogP contribution in [0.4, 0.5) is 5.69 Å². The van der Waals surface area contributed by atoms with Gasteiger partial charge in [0.15, 0.2) is 11.5 Å². The number of sulfonamides is 1. The lowest BCUT2D eigenvalue weighted by atomic mass is 10.1. The molecule has 1 unspecified atom stereocenters. The number of carbonyl (C=O) groups is 2. The molecule has 1 fully saturated rings. The highest BCUT2D eigenvalue weighted by Crippen LogP contribution is 2.36. The summed E-state index contributed by atoms with van der Waals surface area (Å²) >= 11 is 0. The Morgan fingerprint density at radius 1 is 0.902 bits per heavy atom. The zero-order valence-corrected chi connectivity index (χ0v) is 23.9. The van der Waals surface area contributed by atoms with Crippen molar-refractivity contribution in [1.82, 2.24) is 10.2 Å². The van der Waals surface area contributed by atoms with Gasteiger partial charge in [-0.15, -0.1) is 0 Å². The number of fused-ring (bicyclic) bond motifs is 1. The molecule has 0 radical (unpaired) electrons. The minimum Gasteiger partial charge on any atom is -0.486 e. The number of anilines is 1. The molecule has 1 heterocycles. The molecule has 1 N–H and O–H groups in total. The van der Waals surface area contributed by atoms with Crippen molar-refractivity contribution in [2.24, 2.45) is 0 Å². The molecule has 1 saturated carbocycles. The number of hydrogen-bond acceptors (Lipinski definition) is 6. The predicted molar refractivity (Wildman–Crippen MR) is 155 cm³/mol. The molecule has 0 bridgehead atoms. The summed E-state index contributed by atoms with van der Waals surface area (Å²) in [6.45, 7) is 2.06. The molecule has 1 atom stereocenters. The topological polar surface area (TPSA) is 105 Å². The number of hydrogen-bond donors (Lipinski definition) is 1. The highest BCUT2D eigenvalue weighted by atomic mass is 32.2. The molecule has 216 valence electrons.